The molecule has 0 saturated carbocycles. The minimum atomic E-state index is -0.605. The van der Waals surface area contributed by atoms with Gasteiger partial charge in [0.2, 0.25) is 11.9 Å². The summed E-state index contributed by atoms with van der Waals surface area (Å²) < 4.78 is 6.18. The Hall–Kier alpha value is -4.01. The molecule has 0 fully saturated rings. The lowest BCUT2D eigenvalue weighted by Crippen LogP contribution is -2.19. The summed E-state index contributed by atoms with van der Waals surface area (Å²) >= 11 is 0. The number of aromatic nitrogens is 5. The fourth-order valence-electron chi connectivity index (χ4n) is 2.74. The summed E-state index contributed by atoms with van der Waals surface area (Å²) in [5.74, 6) is 0.435. The summed E-state index contributed by atoms with van der Waals surface area (Å²) in [7, 11) is 0. The van der Waals surface area contributed by atoms with Crippen molar-refractivity contribution < 1.29 is 4.52 Å². The zero-order valence-corrected chi connectivity index (χ0v) is 15.0. The number of nitrogen functional groups attached to an aromatic ring is 1. The van der Waals surface area contributed by atoms with Gasteiger partial charge in [-0.25, -0.2) is 9.36 Å². The van der Waals surface area contributed by atoms with E-state index in [-0.39, 0.29) is 12.5 Å². The third-order valence-corrected chi connectivity index (χ3v) is 4.11. The Balaban J connectivity index is 1.67. The lowest BCUT2D eigenvalue weighted by atomic mass is 10.2. The molecular formula is C19H17N7O2. The summed E-state index contributed by atoms with van der Waals surface area (Å²) in [5, 5.41) is 6.99. The lowest BCUT2D eigenvalue weighted by molar-refractivity contribution is 0.377. The van der Waals surface area contributed by atoms with Crippen LogP contribution in [-0.2, 0) is 6.54 Å². The molecule has 4 aromatic rings. The fourth-order valence-corrected chi connectivity index (χ4v) is 2.74. The molecule has 140 valence electrons. The van der Waals surface area contributed by atoms with E-state index in [1.54, 1.807) is 0 Å². The van der Waals surface area contributed by atoms with E-state index >= 15 is 0 Å². The normalized spacial score (nSPS) is 10.8. The number of hydrogen-bond donors (Lipinski definition) is 2. The van der Waals surface area contributed by atoms with Gasteiger partial charge < -0.3 is 11.1 Å². The average Bonchev–Trinajstić information content (AvgIpc) is 3.04. The minimum absolute atomic E-state index is 0.0434. The van der Waals surface area contributed by atoms with Crippen LogP contribution in [0, 0.1) is 6.92 Å². The molecule has 2 heterocycles. The van der Waals surface area contributed by atoms with E-state index < -0.39 is 5.76 Å². The molecule has 0 atom stereocenters. The van der Waals surface area contributed by atoms with E-state index in [1.165, 1.54) is 4.57 Å². The number of nitrogens with zero attached hydrogens (tertiary/aromatic N) is 5. The lowest BCUT2D eigenvalue weighted by Gasteiger charge is -2.10. The fraction of sp³-hybridized carbons (Fsp3) is 0.105. The standard InChI is InChI=1S/C19H17N7O2/c1-12-7-5-6-10-14(12)21-18-23-15(22-17(20)24-18)11-26-16(25-28-19(26)27)13-8-3-2-4-9-13/h2-10H,11H2,1H3,(H3,20,21,22,23,24). The van der Waals surface area contributed by atoms with Crippen molar-refractivity contribution in [2.24, 2.45) is 0 Å². The zero-order valence-electron chi connectivity index (χ0n) is 15.0. The first-order valence-electron chi connectivity index (χ1n) is 8.55. The van der Waals surface area contributed by atoms with Crippen molar-refractivity contribution in [1.29, 1.82) is 0 Å². The van der Waals surface area contributed by atoms with Gasteiger partial charge in [-0.1, -0.05) is 53.7 Å². The molecular weight excluding hydrogens is 358 g/mol. The van der Waals surface area contributed by atoms with Crippen molar-refractivity contribution in [3.05, 3.63) is 76.5 Å². The molecule has 0 amide bonds. The quantitative estimate of drug-likeness (QED) is 0.545. The van der Waals surface area contributed by atoms with Crippen LogP contribution in [0.2, 0.25) is 0 Å². The first kappa shape index (κ1) is 17.4. The van der Waals surface area contributed by atoms with Gasteiger partial charge in [0, 0.05) is 11.3 Å². The summed E-state index contributed by atoms with van der Waals surface area (Å²) in [5.41, 5.74) is 8.47. The van der Waals surface area contributed by atoms with Gasteiger partial charge in [-0.3, -0.25) is 4.52 Å². The number of rotatable bonds is 5. The van der Waals surface area contributed by atoms with Crippen LogP contribution in [0.15, 0.2) is 63.9 Å². The van der Waals surface area contributed by atoms with Gasteiger partial charge in [-0.05, 0) is 18.6 Å². The average molecular weight is 375 g/mol. The van der Waals surface area contributed by atoms with Gasteiger partial charge in [0.1, 0.15) is 0 Å². The topological polar surface area (TPSA) is 125 Å². The maximum absolute atomic E-state index is 12.1. The molecule has 0 spiro atoms. The monoisotopic (exact) mass is 375 g/mol. The Morgan fingerprint density at radius 2 is 1.79 bits per heavy atom. The van der Waals surface area contributed by atoms with E-state index in [2.05, 4.69) is 25.4 Å². The number of nitrogens with one attached hydrogen (secondary N) is 1. The first-order valence-corrected chi connectivity index (χ1v) is 8.55. The highest BCUT2D eigenvalue weighted by Gasteiger charge is 2.15. The molecule has 0 saturated heterocycles. The molecule has 9 heteroatoms. The predicted molar refractivity (Wildman–Crippen MR) is 104 cm³/mol. The van der Waals surface area contributed by atoms with Crippen molar-refractivity contribution in [2.45, 2.75) is 13.5 Å². The van der Waals surface area contributed by atoms with E-state index in [9.17, 15) is 4.79 Å². The number of benzene rings is 2. The molecule has 0 aliphatic heterocycles. The van der Waals surface area contributed by atoms with Crippen LogP contribution in [0.4, 0.5) is 17.6 Å². The number of aryl methyl sites for hydroxylation is 1. The summed E-state index contributed by atoms with van der Waals surface area (Å²) in [6, 6.07) is 17.0. The summed E-state index contributed by atoms with van der Waals surface area (Å²) in [6.07, 6.45) is 0. The Bertz CT molecular complexity index is 1170. The highest BCUT2D eigenvalue weighted by atomic mass is 16.5. The molecule has 9 nitrogen and oxygen atoms in total. The zero-order chi connectivity index (χ0) is 19.5. The number of anilines is 3. The van der Waals surface area contributed by atoms with Gasteiger partial charge in [0.05, 0.1) is 6.54 Å². The molecule has 0 unspecified atom stereocenters. The highest BCUT2D eigenvalue weighted by Crippen LogP contribution is 2.19. The van der Waals surface area contributed by atoms with E-state index in [0.29, 0.717) is 17.6 Å². The third kappa shape index (κ3) is 3.58. The summed E-state index contributed by atoms with van der Waals surface area (Å²) in [6.45, 7) is 2.01. The predicted octanol–water partition coefficient (Wildman–Crippen LogP) is 2.37. The first-order chi connectivity index (χ1) is 13.6. The van der Waals surface area contributed by atoms with Crippen LogP contribution in [0.3, 0.4) is 0 Å². The second-order valence-electron chi connectivity index (χ2n) is 6.10. The smallest absolute Gasteiger partial charge is 0.368 e. The molecule has 4 rings (SSSR count). The van der Waals surface area contributed by atoms with E-state index in [4.69, 9.17) is 10.3 Å². The Labute approximate surface area is 159 Å². The Morgan fingerprint density at radius 1 is 1.04 bits per heavy atom. The van der Waals surface area contributed by atoms with Crippen LogP contribution in [-0.4, -0.2) is 24.7 Å². The van der Waals surface area contributed by atoms with Crippen LogP contribution in [0.1, 0.15) is 11.4 Å². The van der Waals surface area contributed by atoms with Gasteiger partial charge >= 0.3 is 5.76 Å². The SMILES string of the molecule is Cc1ccccc1Nc1nc(N)nc(Cn2c(-c3ccccc3)noc2=O)n1. The van der Waals surface area contributed by atoms with Crippen LogP contribution in [0.25, 0.3) is 11.4 Å². The second kappa shape index (κ2) is 7.31. The van der Waals surface area contributed by atoms with Gasteiger partial charge in [-0.2, -0.15) is 15.0 Å². The maximum Gasteiger partial charge on any atom is 0.442 e. The molecule has 28 heavy (non-hydrogen) atoms. The molecule has 0 bridgehead atoms. The van der Waals surface area contributed by atoms with Crippen LogP contribution in [0.5, 0.6) is 0 Å². The Kier molecular flexibility index (Phi) is 4.55. The second-order valence-corrected chi connectivity index (χ2v) is 6.10. The number of hydrogen-bond acceptors (Lipinski definition) is 8. The molecule has 0 radical (unpaired) electrons. The van der Waals surface area contributed by atoms with Crippen molar-refractivity contribution in [2.75, 3.05) is 11.1 Å². The Morgan fingerprint density at radius 3 is 2.57 bits per heavy atom. The minimum Gasteiger partial charge on any atom is -0.368 e. The third-order valence-electron chi connectivity index (χ3n) is 4.11. The van der Waals surface area contributed by atoms with Crippen molar-refractivity contribution >= 4 is 17.6 Å². The number of para-hydroxylation sites is 1. The van der Waals surface area contributed by atoms with Crippen molar-refractivity contribution in [3.63, 3.8) is 0 Å². The maximum atomic E-state index is 12.1. The van der Waals surface area contributed by atoms with Crippen LogP contribution >= 0.6 is 0 Å². The molecule has 0 aliphatic carbocycles. The molecule has 2 aromatic heterocycles. The van der Waals surface area contributed by atoms with Crippen molar-refractivity contribution in [3.8, 4) is 11.4 Å². The van der Waals surface area contributed by atoms with E-state index in [1.807, 2.05) is 61.5 Å². The van der Waals surface area contributed by atoms with E-state index in [0.717, 1.165) is 16.8 Å². The van der Waals surface area contributed by atoms with Gasteiger partial charge in [-0.15, -0.1) is 0 Å². The molecule has 0 aliphatic rings. The largest absolute Gasteiger partial charge is 0.442 e. The van der Waals surface area contributed by atoms with Crippen molar-refractivity contribution in [1.82, 2.24) is 24.7 Å². The highest BCUT2D eigenvalue weighted by molar-refractivity contribution is 5.58. The van der Waals surface area contributed by atoms with Gasteiger partial charge in [0.25, 0.3) is 0 Å². The summed E-state index contributed by atoms with van der Waals surface area (Å²) in [4.78, 5) is 24.8. The molecule has 3 N–H and O–H groups in total. The molecule has 2 aromatic carbocycles. The van der Waals surface area contributed by atoms with Crippen LogP contribution < -0.4 is 16.8 Å². The number of nitrogens with two attached hydrogens (primary N) is 1. The van der Waals surface area contributed by atoms with Gasteiger partial charge in [0.15, 0.2) is 11.6 Å².